The molecule has 0 rings (SSSR count). The van der Waals surface area contributed by atoms with Crippen LogP contribution in [0.2, 0.25) is 0 Å². The van der Waals surface area contributed by atoms with E-state index in [0.29, 0.717) is 12.5 Å². The summed E-state index contributed by atoms with van der Waals surface area (Å²) in [5.41, 5.74) is 0. The zero-order chi connectivity index (χ0) is 19.4. The molecule has 0 saturated heterocycles. The summed E-state index contributed by atoms with van der Waals surface area (Å²) in [7, 11) is -15.8. The van der Waals surface area contributed by atoms with Crippen LogP contribution in [0, 0.1) is 0 Å². The van der Waals surface area contributed by atoms with Crippen molar-refractivity contribution in [3.05, 3.63) is 0 Å². The molecule has 0 aromatic carbocycles. The minimum absolute atomic E-state index is 0.655. The number of nitrogens with one attached hydrogen (secondary N) is 2. The Balaban J connectivity index is 5.57. The standard InChI is InChI=1S/C8H20N2O10S4/c1-21(11,12)9-5-7(19-23(3,15)16)8(20-24(4,17)18)6-10-22(2,13)14/h7-10H,5-6H2,1-4H3/t7-,8-/m1/s1. The van der Waals surface area contributed by atoms with Crippen molar-refractivity contribution < 1.29 is 42.0 Å². The van der Waals surface area contributed by atoms with Crippen LogP contribution in [0.1, 0.15) is 0 Å². The van der Waals surface area contributed by atoms with Crippen LogP contribution >= 0.6 is 0 Å². The average molecular weight is 433 g/mol. The van der Waals surface area contributed by atoms with Gasteiger partial charge in [-0.3, -0.25) is 8.37 Å². The van der Waals surface area contributed by atoms with E-state index >= 15 is 0 Å². The first-order valence-corrected chi connectivity index (χ1v) is 13.5. The predicted octanol–water partition coefficient (Wildman–Crippen LogP) is -3.23. The van der Waals surface area contributed by atoms with Gasteiger partial charge in [0.15, 0.2) is 0 Å². The topological polar surface area (TPSA) is 179 Å². The first kappa shape index (κ1) is 23.6. The normalized spacial score (nSPS) is 16.7. The molecule has 0 aromatic heterocycles. The van der Waals surface area contributed by atoms with Gasteiger partial charge in [0.05, 0.1) is 25.0 Å². The monoisotopic (exact) mass is 432 g/mol. The quantitative estimate of drug-likeness (QED) is 0.315. The maximum Gasteiger partial charge on any atom is 0.264 e. The van der Waals surface area contributed by atoms with Gasteiger partial charge in [-0.15, -0.1) is 0 Å². The first-order valence-electron chi connectivity index (χ1n) is 6.04. The third-order valence-corrected chi connectivity index (χ3v) is 4.68. The van der Waals surface area contributed by atoms with Crippen LogP contribution in [0.5, 0.6) is 0 Å². The molecule has 0 aliphatic carbocycles. The number of rotatable bonds is 11. The van der Waals surface area contributed by atoms with Crippen LogP contribution in [-0.4, -0.2) is 84.0 Å². The van der Waals surface area contributed by atoms with E-state index in [1.807, 2.05) is 9.44 Å². The summed E-state index contributed by atoms with van der Waals surface area (Å²) < 4.78 is 103. The fraction of sp³-hybridized carbons (Fsp3) is 1.00. The van der Waals surface area contributed by atoms with Crippen molar-refractivity contribution in [1.82, 2.24) is 9.44 Å². The lowest BCUT2D eigenvalue weighted by Crippen LogP contribution is -2.48. The van der Waals surface area contributed by atoms with Crippen molar-refractivity contribution in [2.75, 3.05) is 38.1 Å². The molecule has 0 radical (unpaired) electrons. The Labute approximate surface area is 142 Å². The van der Waals surface area contributed by atoms with Gasteiger partial charge in [0.1, 0.15) is 12.2 Å². The maximum absolute atomic E-state index is 11.3. The second-order valence-corrected chi connectivity index (χ2v) is 11.8. The van der Waals surface area contributed by atoms with Crippen molar-refractivity contribution in [2.24, 2.45) is 0 Å². The molecule has 0 saturated carbocycles. The smallest absolute Gasteiger partial charge is 0.263 e. The van der Waals surface area contributed by atoms with Crippen LogP contribution in [0.4, 0.5) is 0 Å². The molecule has 0 spiro atoms. The minimum Gasteiger partial charge on any atom is -0.263 e. The predicted molar refractivity (Wildman–Crippen MR) is 85.1 cm³/mol. The Morgan fingerprint density at radius 3 is 1.04 bits per heavy atom. The Hall–Kier alpha value is -0.360. The van der Waals surface area contributed by atoms with Gasteiger partial charge in [0, 0.05) is 13.1 Å². The molecule has 12 nitrogen and oxygen atoms in total. The van der Waals surface area contributed by atoms with E-state index in [-0.39, 0.29) is 0 Å². The van der Waals surface area contributed by atoms with E-state index in [2.05, 4.69) is 8.37 Å². The van der Waals surface area contributed by atoms with Gasteiger partial charge in [-0.25, -0.2) is 26.3 Å². The number of hydrogen-bond acceptors (Lipinski definition) is 10. The van der Waals surface area contributed by atoms with Crippen molar-refractivity contribution in [2.45, 2.75) is 12.2 Å². The second kappa shape index (κ2) is 8.35. The maximum atomic E-state index is 11.3. The van der Waals surface area contributed by atoms with Crippen LogP contribution in [0.15, 0.2) is 0 Å². The zero-order valence-electron chi connectivity index (χ0n) is 13.3. The highest BCUT2D eigenvalue weighted by Gasteiger charge is 2.31. The third kappa shape index (κ3) is 14.0. The van der Waals surface area contributed by atoms with Crippen molar-refractivity contribution in [1.29, 1.82) is 0 Å². The second-order valence-electron chi connectivity index (χ2n) is 4.92. The van der Waals surface area contributed by atoms with Gasteiger partial charge < -0.3 is 0 Å². The molecule has 0 heterocycles. The van der Waals surface area contributed by atoms with Crippen LogP contribution in [0.3, 0.4) is 0 Å². The molecular formula is C8H20N2O10S4. The van der Waals surface area contributed by atoms with Gasteiger partial charge in [0.25, 0.3) is 20.2 Å². The van der Waals surface area contributed by atoms with Crippen LogP contribution < -0.4 is 9.44 Å². The Morgan fingerprint density at radius 2 is 0.875 bits per heavy atom. The Morgan fingerprint density at radius 1 is 0.625 bits per heavy atom. The fourth-order valence-corrected chi connectivity index (χ4v) is 3.59. The molecule has 0 bridgehead atoms. The summed E-state index contributed by atoms with van der Waals surface area (Å²) in [4.78, 5) is 0. The lowest BCUT2D eigenvalue weighted by Gasteiger charge is -2.25. The highest BCUT2D eigenvalue weighted by Crippen LogP contribution is 2.10. The highest BCUT2D eigenvalue weighted by atomic mass is 32.2. The summed E-state index contributed by atoms with van der Waals surface area (Å²) in [5.74, 6) is 0. The molecule has 2 N–H and O–H groups in total. The summed E-state index contributed by atoms with van der Waals surface area (Å²) in [6.07, 6.45) is -0.404. The van der Waals surface area contributed by atoms with Crippen molar-refractivity contribution in [3.63, 3.8) is 0 Å². The van der Waals surface area contributed by atoms with Gasteiger partial charge in [-0.2, -0.15) is 16.8 Å². The summed E-state index contributed by atoms with van der Waals surface area (Å²) in [6, 6.07) is 0. The lowest BCUT2D eigenvalue weighted by molar-refractivity contribution is 0.0704. The minimum atomic E-state index is -4.13. The van der Waals surface area contributed by atoms with Crippen LogP contribution in [-0.2, 0) is 48.6 Å². The lowest BCUT2D eigenvalue weighted by atomic mass is 10.2. The van der Waals surface area contributed by atoms with E-state index in [4.69, 9.17) is 0 Å². The molecule has 0 aliphatic heterocycles. The average Bonchev–Trinajstić information content (AvgIpc) is 2.25. The van der Waals surface area contributed by atoms with E-state index in [1.165, 1.54) is 0 Å². The largest absolute Gasteiger partial charge is 0.264 e. The van der Waals surface area contributed by atoms with E-state index in [9.17, 15) is 33.7 Å². The zero-order valence-corrected chi connectivity index (χ0v) is 16.6. The summed E-state index contributed by atoms with van der Waals surface area (Å²) in [6.45, 7) is -1.34. The van der Waals surface area contributed by atoms with Gasteiger partial charge in [0.2, 0.25) is 20.0 Å². The number of hydrogen-bond donors (Lipinski definition) is 2. The van der Waals surface area contributed by atoms with E-state index in [0.717, 1.165) is 12.5 Å². The summed E-state index contributed by atoms with van der Waals surface area (Å²) in [5, 5.41) is 0. The Kier molecular flexibility index (Phi) is 8.22. The molecule has 16 heteroatoms. The van der Waals surface area contributed by atoms with Gasteiger partial charge >= 0.3 is 0 Å². The van der Waals surface area contributed by atoms with Gasteiger partial charge in [-0.1, -0.05) is 0 Å². The van der Waals surface area contributed by atoms with Gasteiger partial charge in [-0.05, 0) is 0 Å². The molecule has 0 unspecified atom stereocenters. The molecule has 0 aromatic rings. The molecule has 146 valence electrons. The highest BCUT2D eigenvalue weighted by molar-refractivity contribution is 7.89. The SMILES string of the molecule is CS(=O)(=O)NC[C@@H](OS(C)(=O)=O)[C@@H](CNS(C)(=O)=O)OS(C)(=O)=O. The van der Waals surface area contributed by atoms with Crippen molar-refractivity contribution in [3.8, 4) is 0 Å². The number of sulfonamides is 2. The van der Waals surface area contributed by atoms with Crippen molar-refractivity contribution >= 4 is 40.3 Å². The molecule has 24 heavy (non-hydrogen) atoms. The third-order valence-electron chi connectivity index (χ3n) is 2.10. The molecule has 0 aliphatic rings. The van der Waals surface area contributed by atoms with Crippen LogP contribution in [0.25, 0.3) is 0 Å². The fourth-order valence-electron chi connectivity index (χ4n) is 1.37. The summed E-state index contributed by atoms with van der Waals surface area (Å²) >= 11 is 0. The van der Waals surface area contributed by atoms with E-state index in [1.54, 1.807) is 0 Å². The first-order chi connectivity index (χ1) is 10.4. The molecule has 2 atom stereocenters. The molecule has 0 amide bonds. The molecule has 0 fully saturated rings. The molecular weight excluding hydrogens is 412 g/mol. The van der Waals surface area contributed by atoms with E-state index < -0.39 is 65.6 Å². The Bertz CT molecular complexity index is 755.